The van der Waals surface area contributed by atoms with Crippen LogP contribution in [0.5, 0.6) is 0 Å². The van der Waals surface area contributed by atoms with Gasteiger partial charge in [-0.3, -0.25) is 4.79 Å². The molecule has 0 aliphatic heterocycles. The van der Waals surface area contributed by atoms with Crippen LogP contribution >= 0.6 is 11.6 Å². The molecule has 0 aliphatic rings. The quantitative estimate of drug-likeness (QED) is 0.865. The predicted octanol–water partition coefficient (Wildman–Crippen LogP) is 3.66. The molecule has 0 saturated heterocycles. The maximum absolute atomic E-state index is 13.7. The summed E-state index contributed by atoms with van der Waals surface area (Å²) in [5.41, 5.74) is -0.388. The van der Waals surface area contributed by atoms with Gasteiger partial charge in [0.2, 0.25) is 15.7 Å². The molecular weight excluding hydrogens is 367 g/mol. The number of halogens is 4. The maximum atomic E-state index is 13.7. The molecule has 0 spiro atoms. The Morgan fingerprint density at radius 1 is 1.12 bits per heavy atom. The van der Waals surface area contributed by atoms with Crippen molar-refractivity contribution in [2.75, 3.05) is 5.32 Å². The minimum atomic E-state index is -4.89. The molecule has 0 unspecified atom stereocenters. The summed E-state index contributed by atoms with van der Waals surface area (Å²) in [5, 5.41) is 2.22. The number of hydrogen-bond acceptors (Lipinski definition) is 3. The van der Waals surface area contributed by atoms with Crippen molar-refractivity contribution in [3.05, 3.63) is 58.9 Å². The van der Waals surface area contributed by atoms with Crippen LogP contribution in [0.25, 0.3) is 0 Å². The molecule has 0 fully saturated rings. The molecule has 0 aromatic heterocycles. The van der Waals surface area contributed by atoms with E-state index in [0.29, 0.717) is 0 Å². The fourth-order valence-electron chi connectivity index (χ4n) is 1.97. The van der Waals surface area contributed by atoms with Crippen molar-refractivity contribution in [1.82, 2.24) is 0 Å². The Morgan fingerprint density at radius 3 is 2.42 bits per heavy atom. The van der Waals surface area contributed by atoms with E-state index in [0.717, 1.165) is 18.2 Å². The lowest BCUT2D eigenvalue weighted by atomic mass is 10.1. The third-order valence-electron chi connectivity index (χ3n) is 3.10. The van der Waals surface area contributed by atoms with E-state index in [-0.39, 0.29) is 16.3 Å². The average Bonchev–Trinajstić information content (AvgIpc) is 2.51. The maximum Gasteiger partial charge on any atom is 0.341 e. The molecule has 2 aromatic carbocycles. The number of amides is 1. The monoisotopic (exact) mass is 377 g/mol. The van der Waals surface area contributed by atoms with Crippen molar-refractivity contribution >= 4 is 33.0 Å². The number of rotatable bonds is 5. The van der Waals surface area contributed by atoms with Crippen molar-refractivity contribution in [2.24, 2.45) is 0 Å². The minimum Gasteiger partial charge on any atom is -0.325 e. The molecule has 0 aliphatic carbocycles. The van der Waals surface area contributed by atoms with Gasteiger partial charge >= 0.3 is 5.76 Å². The zero-order valence-electron chi connectivity index (χ0n) is 12.0. The second-order valence-electron chi connectivity index (χ2n) is 4.73. The number of para-hydroxylation sites is 1. The number of carbonyl (C=O) groups excluding carboxylic acids is 1. The first-order valence-electron chi connectivity index (χ1n) is 6.57. The first-order valence-corrected chi connectivity index (χ1v) is 8.49. The van der Waals surface area contributed by atoms with Crippen LogP contribution in [0, 0.1) is 5.82 Å². The van der Waals surface area contributed by atoms with Gasteiger partial charge in [-0.05, 0) is 24.3 Å². The van der Waals surface area contributed by atoms with Crippen LogP contribution in [-0.4, -0.2) is 20.1 Å². The van der Waals surface area contributed by atoms with E-state index in [2.05, 4.69) is 5.32 Å². The number of carbonyl (C=O) groups is 1. The minimum absolute atomic E-state index is 0.0265. The van der Waals surface area contributed by atoms with Gasteiger partial charge in [-0.1, -0.05) is 29.8 Å². The van der Waals surface area contributed by atoms with Crippen LogP contribution in [0.15, 0.2) is 47.4 Å². The second kappa shape index (κ2) is 7.23. The molecule has 0 bridgehead atoms. The molecule has 2 rings (SSSR count). The number of nitrogens with one attached hydrogen (secondary N) is 1. The van der Waals surface area contributed by atoms with Gasteiger partial charge in [0.1, 0.15) is 5.82 Å². The fraction of sp³-hybridized carbons (Fsp3) is 0.133. The zero-order valence-corrected chi connectivity index (χ0v) is 13.5. The standard InChI is InChI=1S/C15H11ClF3NO3S/c16-10-4-3-5-11(17)9(10)8-14(21)20-12-6-1-2-7-13(12)24(22,23)15(18)19/h1-7,15H,8H2,(H,20,21). The van der Waals surface area contributed by atoms with Crippen LogP contribution < -0.4 is 5.32 Å². The summed E-state index contributed by atoms with van der Waals surface area (Å²) in [6.07, 6.45) is -0.478. The molecule has 9 heteroatoms. The molecule has 0 saturated carbocycles. The van der Waals surface area contributed by atoms with Gasteiger partial charge in [-0.2, -0.15) is 8.78 Å². The van der Waals surface area contributed by atoms with Crippen molar-refractivity contribution < 1.29 is 26.4 Å². The molecule has 1 N–H and O–H groups in total. The van der Waals surface area contributed by atoms with Gasteiger partial charge in [-0.15, -0.1) is 0 Å². The van der Waals surface area contributed by atoms with Gasteiger partial charge in [-0.25, -0.2) is 12.8 Å². The first-order chi connectivity index (χ1) is 11.2. The molecule has 4 nitrogen and oxygen atoms in total. The Hall–Kier alpha value is -2.06. The number of benzene rings is 2. The molecular formula is C15H11ClF3NO3S. The van der Waals surface area contributed by atoms with Gasteiger partial charge in [0.05, 0.1) is 17.0 Å². The summed E-state index contributed by atoms with van der Waals surface area (Å²) in [7, 11) is -4.89. The number of hydrogen-bond donors (Lipinski definition) is 1. The SMILES string of the molecule is O=C(Cc1c(F)cccc1Cl)Nc1ccccc1S(=O)(=O)C(F)F. The van der Waals surface area contributed by atoms with E-state index < -0.39 is 38.6 Å². The van der Waals surface area contributed by atoms with Crippen molar-refractivity contribution in [2.45, 2.75) is 17.1 Å². The number of sulfone groups is 1. The number of alkyl halides is 2. The van der Waals surface area contributed by atoms with E-state index in [4.69, 9.17) is 11.6 Å². The Morgan fingerprint density at radius 2 is 1.79 bits per heavy atom. The summed E-state index contributed by atoms with van der Waals surface area (Å²) in [5.74, 6) is -5.12. The lowest BCUT2D eigenvalue weighted by molar-refractivity contribution is -0.115. The Kier molecular flexibility index (Phi) is 5.51. The third-order valence-corrected chi connectivity index (χ3v) is 4.89. The first kappa shape index (κ1) is 18.3. The lowest BCUT2D eigenvalue weighted by Crippen LogP contribution is -2.19. The van der Waals surface area contributed by atoms with Crippen LogP contribution in [0.2, 0.25) is 5.02 Å². The van der Waals surface area contributed by atoms with Crippen molar-refractivity contribution in [3.63, 3.8) is 0 Å². The van der Waals surface area contributed by atoms with Crippen molar-refractivity contribution in [3.8, 4) is 0 Å². The topological polar surface area (TPSA) is 63.2 Å². The summed E-state index contributed by atoms with van der Waals surface area (Å²) >= 11 is 5.81. The van der Waals surface area contributed by atoms with Crippen LogP contribution in [0.1, 0.15) is 5.56 Å². The summed E-state index contributed by atoms with van der Waals surface area (Å²) in [4.78, 5) is 11.3. The third kappa shape index (κ3) is 3.88. The van der Waals surface area contributed by atoms with E-state index in [9.17, 15) is 26.4 Å². The molecule has 0 heterocycles. The summed E-state index contributed by atoms with van der Waals surface area (Å²) in [6, 6.07) is 8.61. The average molecular weight is 378 g/mol. The normalized spacial score (nSPS) is 11.5. The van der Waals surface area contributed by atoms with E-state index in [1.807, 2.05) is 0 Å². The highest BCUT2D eigenvalue weighted by molar-refractivity contribution is 7.91. The van der Waals surface area contributed by atoms with E-state index >= 15 is 0 Å². The zero-order chi connectivity index (χ0) is 17.9. The molecule has 24 heavy (non-hydrogen) atoms. The summed E-state index contributed by atoms with van der Waals surface area (Å²) in [6.45, 7) is 0. The van der Waals surface area contributed by atoms with Gasteiger partial charge < -0.3 is 5.32 Å². The smallest absolute Gasteiger partial charge is 0.325 e. The lowest BCUT2D eigenvalue weighted by Gasteiger charge is -2.12. The molecule has 1 amide bonds. The molecule has 2 aromatic rings. The van der Waals surface area contributed by atoms with Gasteiger partial charge in [0.15, 0.2) is 0 Å². The van der Waals surface area contributed by atoms with Crippen LogP contribution in [-0.2, 0) is 21.1 Å². The van der Waals surface area contributed by atoms with Crippen LogP contribution in [0.4, 0.5) is 18.9 Å². The molecule has 128 valence electrons. The molecule has 0 radical (unpaired) electrons. The van der Waals surface area contributed by atoms with E-state index in [1.54, 1.807) is 0 Å². The van der Waals surface area contributed by atoms with E-state index in [1.165, 1.54) is 24.3 Å². The Balaban J connectivity index is 2.28. The highest BCUT2D eigenvalue weighted by Crippen LogP contribution is 2.26. The highest BCUT2D eigenvalue weighted by atomic mass is 35.5. The highest BCUT2D eigenvalue weighted by Gasteiger charge is 2.29. The number of anilines is 1. The second-order valence-corrected chi connectivity index (χ2v) is 7.02. The predicted molar refractivity (Wildman–Crippen MR) is 83.4 cm³/mol. The van der Waals surface area contributed by atoms with Crippen LogP contribution in [0.3, 0.4) is 0 Å². The Labute approximate surface area is 141 Å². The molecule has 0 atom stereocenters. The van der Waals surface area contributed by atoms with Gasteiger partial charge in [0.25, 0.3) is 0 Å². The Bertz CT molecular complexity index is 852. The summed E-state index contributed by atoms with van der Waals surface area (Å²) < 4.78 is 62.3. The van der Waals surface area contributed by atoms with Crippen molar-refractivity contribution in [1.29, 1.82) is 0 Å². The largest absolute Gasteiger partial charge is 0.341 e. The van der Waals surface area contributed by atoms with Gasteiger partial charge in [0, 0.05) is 10.6 Å². The fourth-order valence-corrected chi connectivity index (χ4v) is 3.09.